The summed E-state index contributed by atoms with van der Waals surface area (Å²) in [7, 11) is 0. The third-order valence-electron chi connectivity index (χ3n) is 2.38. The second kappa shape index (κ2) is 7.17. The molecule has 0 saturated heterocycles. The van der Waals surface area contributed by atoms with Crippen LogP contribution in [-0.2, 0) is 6.54 Å². The number of aromatic nitrogens is 1. The van der Waals surface area contributed by atoms with Crippen LogP contribution < -0.4 is 11.3 Å². The lowest BCUT2D eigenvalue weighted by atomic mass is 10.2. The van der Waals surface area contributed by atoms with Crippen molar-refractivity contribution in [3.8, 4) is 0 Å². The Kier molecular flexibility index (Phi) is 5.86. The van der Waals surface area contributed by atoms with Crippen molar-refractivity contribution >= 4 is 5.91 Å². The number of nitrogens with one attached hydrogen (secondary N) is 1. The third kappa shape index (κ3) is 5.51. The Bertz CT molecular complexity index is 454. The third-order valence-corrected chi connectivity index (χ3v) is 2.38. The number of hydrazine groups is 1. The Labute approximate surface area is 113 Å². The van der Waals surface area contributed by atoms with Crippen LogP contribution in [0.4, 0.5) is 13.2 Å². The van der Waals surface area contributed by atoms with Crippen molar-refractivity contribution in [3.63, 3.8) is 0 Å². The first-order valence-electron chi connectivity index (χ1n) is 5.72. The van der Waals surface area contributed by atoms with Crippen molar-refractivity contribution in [1.29, 1.82) is 0 Å². The standard InChI is InChI=1S/C11H15F3N4O2/c12-11(13,14)7-18(4-5-19)6-8-2-1-3-9(16-8)10(20)17-15/h1-3,19H,4-7,15H2,(H,17,20). The van der Waals surface area contributed by atoms with Crippen molar-refractivity contribution in [2.24, 2.45) is 5.84 Å². The van der Waals surface area contributed by atoms with Gasteiger partial charge >= 0.3 is 6.18 Å². The summed E-state index contributed by atoms with van der Waals surface area (Å²) in [6.45, 7) is -1.85. The van der Waals surface area contributed by atoms with Crippen LogP contribution in [0.5, 0.6) is 0 Å². The predicted octanol–water partition coefficient (Wildman–Crippen LogP) is 0.0417. The van der Waals surface area contributed by atoms with Crippen molar-refractivity contribution in [2.75, 3.05) is 19.7 Å². The van der Waals surface area contributed by atoms with E-state index in [0.717, 1.165) is 4.90 Å². The highest BCUT2D eigenvalue weighted by Gasteiger charge is 2.30. The smallest absolute Gasteiger partial charge is 0.395 e. The van der Waals surface area contributed by atoms with E-state index in [0.29, 0.717) is 0 Å². The molecule has 0 saturated carbocycles. The minimum absolute atomic E-state index is 0.0148. The summed E-state index contributed by atoms with van der Waals surface area (Å²) >= 11 is 0. The molecular formula is C11H15F3N4O2. The van der Waals surface area contributed by atoms with E-state index in [9.17, 15) is 18.0 Å². The van der Waals surface area contributed by atoms with Gasteiger partial charge in [-0.15, -0.1) is 0 Å². The van der Waals surface area contributed by atoms with Crippen LogP contribution in [0.1, 0.15) is 16.2 Å². The summed E-state index contributed by atoms with van der Waals surface area (Å²) in [5.41, 5.74) is 2.19. The van der Waals surface area contributed by atoms with Crippen LogP contribution in [0, 0.1) is 0 Å². The zero-order valence-electron chi connectivity index (χ0n) is 10.5. The van der Waals surface area contributed by atoms with Crippen molar-refractivity contribution in [3.05, 3.63) is 29.6 Å². The van der Waals surface area contributed by atoms with Gasteiger partial charge in [-0.2, -0.15) is 13.2 Å². The number of nitrogen functional groups attached to an aromatic ring is 1. The fraction of sp³-hybridized carbons (Fsp3) is 0.455. The highest BCUT2D eigenvalue weighted by atomic mass is 19.4. The van der Waals surface area contributed by atoms with Gasteiger partial charge in [0, 0.05) is 13.1 Å². The minimum Gasteiger partial charge on any atom is -0.395 e. The number of halogens is 3. The van der Waals surface area contributed by atoms with Crippen molar-refractivity contribution in [1.82, 2.24) is 15.3 Å². The molecule has 0 aliphatic carbocycles. The zero-order chi connectivity index (χ0) is 15.2. The van der Waals surface area contributed by atoms with Crippen molar-refractivity contribution in [2.45, 2.75) is 12.7 Å². The van der Waals surface area contributed by atoms with E-state index in [1.807, 2.05) is 5.43 Å². The van der Waals surface area contributed by atoms with Gasteiger partial charge in [0.1, 0.15) is 5.69 Å². The molecule has 0 aliphatic rings. The van der Waals surface area contributed by atoms with Crippen LogP contribution >= 0.6 is 0 Å². The van der Waals surface area contributed by atoms with Gasteiger partial charge in [-0.3, -0.25) is 15.1 Å². The largest absolute Gasteiger partial charge is 0.401 e. The quantitative estimate of drug-likeness (QED) is 0.391. The topological polar surface area (TPSA) is 91.5 Å². The molecule has 1 amide bonds. The highest BCUT2D eigenvalue weighted by Crippen LogP contribution is 2.17. The molecule has 20 heavy (non-hydrogen) atoms. The normalized spacial score (nSPS) is 11.7. The number of carbonyl (C=O) groups is 1. The summed E-state index contributed by atoms with van der Waals surface area (Å²) in [5, 5.41) is 8.78. The molecule has 112 valence electrons. The van der Waals surface area contributed by atoms with Crippen LogP contribution in [0.15, 0.2) is 18.2 Å². The molecule has 0 fully saturated rings. The molecule has 0 aliphatic heterocycles. The zero-order valence-corrected chi connectivity index (χ0v) is 10.5. The van der Waals surface area contributed by atoms with E-state index in [1.165, 1.54) is 18.2 Å². The maximum atomic E-state index is 12.4. The number of nitrogens with two attached hydrogens (primary N) is 1. The van der Waals surface area contributed by atoms with E-state index in [1.54, 1.807) is 0 Å². The fourth-order valence-electron chi connectivity index (χ4n) is 1.61. The summed E-state index contributed by atoms with van der Waals surface area (Å²) in [6, 6.07) is 4.39. The number of amides is 1. The first-order chi connectivity index (χ1) is 9.35. The number of pyridine rings is 1. The minimum atomic E-state index is -4.37. The Morgan fingerprint density at radius 1 is 1.45 bits per heavy atom. The fourth-order valence-corrected chi connectivity index (χ4v) is 1.61. The van der Waals surface area contributed by atoms with Crippen LogP contribution in [0.25, 0.3) is 0 Å². The van der Waals surface area contributed by atoms with Gasteiger partial charge in [0.05, 0.1) is 18.8 Å². The number of aliphatic hydroxyl groups is 1. The van der Waals surface area contributed by atoms with Crippen LogP contribution in [-0.4, -0.2) is 46.8 Å². The van der Waals surface area contributed by atoms with E-state index >= 15 is 0 Å². The van der Waals surface area contributed by atoms with Gasteiger partial charge in [-0.05, 0) is 12.1 Å². The number of nitrogens with zero attached hydrogens (tertiary/aromatic N) is 2. The SMILES string of the molecule is NNC(=O)c1cccc(CN(CCO)CC(F)(F)F)n1. The van der Waals surface area contributed by atoms with E-state index in [-0.39, 0.29) is 24.5 Å². The summed E-state index contributed by atoms with van der Waals surface area (Å²) in [5.74, 6) is 4.33. The molecule has 1 heterocycles. The predicted molar refractivity (Wildman–Crippen MR) is 64.3 cm³/mol. The lowest BCUT2D eigenvalue weighted by molar-refractivity contribution is -0.148. The molecule has 1 aromatic heterocycles. The maximum absolute atomic E-state index is 12.4. The molecule has 0 spiro atoms. The van der Waals surface area contributed by atoms with Gasteiger partial charge < -0.3 is 5.11 Å². The first-order valence-corrected chi connectivity index (χ1v) is 5.72. The molecule has 1 aromatic rings. The number of hydrogen-bond donors (Lipinski definition) is 3. The first kappa shape index (κ1) is 16.3. The van der Waals surface area contributed by atoms with Gasteiger partial charge in [0.2, 0.25) is 0 Å². The maximum Gasteiger partial charge on any atom is 0.401 e. The molecule has 9 heteroatoms. The number of carbonyl (C=O) groups excluding carboxylic acids is 1. The number of hydrogen-bond acceptors (Lipinski definition) is 5. The molecule has 0 radical (unpaired) electrons. The lowest BCUT2D eigenvalue weighted by Crippen LogP contribution is -2.36. The van der Waals surface area contributed by atoms with Crippen molar-refractivity contribution < 1.29 is 23.1 Å². The monoisotopic (exact) mass is 292 g/mol. The Morgan fingerprint density at radius 3 is 2.70 bits per heavy atom. The Morgan fingerprint density at radius 2 is 2.15 bits per heavy atom. The summed E-state index contributed by atoms with van der Waals surface area (Å²) in [6.07, 6.45) is -4.37. The molecular weight excluding hydrogens is 277 g/mol. The summed E-state index contributed by atoms with van der Waals surface area (Å²) in [4.78, 5) is 16.2. The van der Waals surface area contributed by atoms with Crippen LogP contribution in [0.2, 0.25) is 0 Å². The molecule has 0 atom stereocenters. The average Bonchev–Trinajstić information content (AvgIpc) is 2.36. The molecule has 1 rings (SSSR count). The second-order valence-corrected chi connectivity index (χ2v) is 4.04. The van der Waals surface area contributed by atoms with E-state index in [4.69, 9.17) is 10.9 Å². The lowest BCUT2D eigenvalue weighted by Gasteiger charge is -2.22. The molecule has 0 bridgehead atoms. The highest BCUT2D eigenvalue weighted by molar-refractivity contribution is 5.91. The number of aliphatic hydroxyl groups excluding tert-OH is 1. The Balaban J connectivity index is 2.80. The van der Waals surface area contributed by atoms with Gasteiger partial charge in [-0.1, -0.05) is 6.07 Å². The average molecular weight is 292 g/mol. The second-order valence-electron chi connectivity index (χ2n) is 4.04. The summed E-state index contributed by atoms with van der Waals surface area (Å²) < 4.78 is 37.1. The Hall–Kier alpha value is -1.71. The molecule has 0 unspecified atom stereocenters. The molecule has 4 N–H and O–H groups in total. The van der Waals surface area contributed by atoms with Gasteiger partial charge in [0.25, 0.3) is 5.91 Å². The van der Waals surface area contributed by atoms with Gasteiger partial charge in [-0.25, -0.2) is 10.8 Å². The molecule has 6 nitrogen and oxygen atoms in total. The van der Waals surface area contributed by atoms with E-state index in [2.05, 4.69) is 4.98 Å². The number of rotatable bonds is 6. The van der Waals surface area contributed by atoms with Gasteiger partial charge in [0.15, 0.2) is 0 Å². The molecule has 0 aromatic carbocycles. The van der Waals surface area contributed by atoms with E-state index < -0.39 is 25.2 Å². The van der Waals surface area contributed by atoms with Crippen LogP contribution in [0.3, 0.4) is 0 Å². The number of alkyl halides is 3.